The number of rotatable bonds is 12. The molecule has 4 N–H and O–H groups in total. The zero-order chi connectivity index (χ0) is 30.6. The third-order valence-electron chi connectivity index (χ3n) is 3.98. The molecular formula is C26H58N8O4. The van der Waals surface area contributed by atoms with E-state index in [-0.39, 0.29) is 30.6 Å². The molecule has 0 aromatic carbocycles. The fourth-order valence-electron chi connectivity index (χ4n) is 2.16. The Bertz CT molecular complexity index is 641. The summed E-state index contributed by atoms with van der Waals surface area (Å²) in [5, 5.41) is 30.5. The first-order chi connectivity index (χ1) is 17.8. The van der Waals surface area contributed by atoms with E-state index in [1.807, 2.05) is 32.7 Å². The minimum Gasteiger partial charge on any atom is -0.394 e. The van der Waals surface area contributed by atoms with Crippen LogP contribution in [0.5, 0.6) is 0 Å². The van der Waals surface area contributed by atoms with Gasteiger partial charge in [-0.25, -0.2) is 0 Å². The Hall–Kier alpha value is -2.60. The van der Waals surface area contributed by atoms with Crippen molar-refractivity contribution in [1.82, 2.24) is 21.1 Å². The lowest BCUT2D eigenvalue weighted by Gasteiger charge is -2.29. The lowest BCUT2D eigenvalue weighted by atomic mass is 10.1. The van der Waals surface area contributed by atoms with Gasteiger partial charge in [0.1, 0.15) is 0 Å². The summed E-state index contributed by atoms with van der Waals surface area (Å²) in [6.07, 6.45) is 1.11. The highest BCUT2D eigenvalue weighted by atomic mass is 16.5. The van der Waals surface area contributed by atoms with Gasteiger partial charge in [-0.15, -0.1) is 0 Å². The Morgan fingerprint density at radius 3 is 2.13 bits per heavy atom. The van der Waals surface area contributed by atoms with Crippen LogP contribution in [0.3, 0.4) is 0 Å². The fourth-order valence-corrected chi connectivity index (χ4v) is 2.16. The first-order valence-electron chi connectivity index (χ1n) is 13.5. The zero-order valence-corrected chi connectivity index (χ0v) is 26.2. The normalized spacial score (nSPS) is 13.5. The quantitative estimate of drug-likeness (QED) is 0.212. The van der Waals surface area contributed by atoms with Gasteiger partial charge in [-0.1, -0.05) is 58.6 Å². The van der Waals surface area contributed by atoms with Gasteiger partial charge in [0, 0.05) is 33.2 Å². The molecule has 1 rings (SSSR count). The van der Waals surface area contributed by atoms with Crippen molar-refractivity contribution >= 4 is 11.8 Å². The number of ether oxygens (including phenoxy) is 1. The molecule has 0 bridgehead atoms. The van der Waals surface area contributed by atoms with E-state index >= 15 is 0 Å². The van der Waals surface area contributed by atoms with Crippen LogP contribution in [0.2, 0.25) is 0 Å². The second kappa shape index (κ2) is 29.0. The van der Waals surface area contributed by atoms with Crippen molar-refractivity contribution in [1.29, 1.82) is 0 Å². The molecule has 0 aromatic heterocycles. The SMILES string of the molecule is C=C(CNC(C)=O)NN=NCCO.CC.CC.CC(C)CCOC(C)(C)CN1CC(C)N=N1.CNC(C)=O. The summed E-state index contributed by atoms with van der Waals surface area (Å²) in [4.78, 5) is 20.2. The predicted octanol–water partition coefficient (Wildman–Crippen LogP) is 4.29. The molecule has 1 heterocycles. The maximum absolute atomic E-state index is 10.5. The molecule has 2 amide bonds. The Labute approximate surface area is 232 Å². The molecule has 0 radical (unpaired) electrons. The molecule has 1 atom stereocenters. The summed E-state index contributed by atoms with van der Waals surface area (Å²) in [5.41, 5.74) is 2.91. The van der Waals surface area contributed by atoms with Crippen LogP contribution in [-0.2, 0) is 14.3 Å². The third-order valence-corrected chi connectivity index (χ3v) is 3.98. The molecule has 0 fully saturated rings. The standard InChI is InChI=1S/C12H25N3O.C7H14N4O2.C3H7NO.2C2H6/c1-10(2)6-7-16-12(4,5)9-15-8-11(3)13-14-15;1-6(5-8-7(2)13)10-11-9-3-4-12;1-3(5)4-2;2*1-2/h10-11H,6-9H2,1-5H3;12H,1,3-5H2,2H3,(H,8,13)(H,9,10);1-2H3,(H,4,5);2*1-2H3. The average molecular weight is 547 g/mol. The van der Waals surface area contributed by atoms with Gasteiger partial charge in [-0.2, -0.15) is 10.2 Å². The van der Waals surface area contributed by atoms with E-state index in [2.05, 4.69) is 77.9 Å². The van der Waals surface area contributed by atoms with Crippen molar-refractivity contribution in [2.75, 3.05) is 46.4 Å². The highest BCUT2D eigenvalue weighted by Crippen LogP contribution is 2.17. The highest BCUT2D eigenvalue weighted by molar-refractivity contribution is 5.73. The lowest BCUT2D eigenvalue weighted by molar-refractivity contribution is -0.119. The van der Waals surface area contributed by atoms with Crippen LogP contribution in [0.15, 0.2) is 33.0 Å². The van der Waals surface area contributed by atoms with Crippen LogP contribution in [0.1, 0.15) is 82.6 Å². The van der Waals surface area contributed by atoms with Gasteiger partial charge < -0.3 is 20.5 Å². The molecule has 38 heavy (non-hydrogen) atoms. The summed E-state index contributed by atoms with van der Waals surface area (Å²) in [6.45, 7) is 28.3. The van der Waals surface area contributed by atoms with Gasteiger partial charge in [-0.3, -0.25) is 20.0 Å². The lowest BCUT2D eigenvalue weighted by Crippen LogP contribution is -2.38. The first-order valence-corrected chi connectivity index (χ1v) is 13.5. The Kier molecular flexibility index (Phi) is 32.4. The smallest absolute Gasteiger partial charge is 0.217 e. The van der Waals surface area contributed by atoms with Crippen LogP contribution in [0.25, 0.3) is 0 Å². The molecule has 0 saturated heterocycles. The number of hydrogen-bond donors (Lipinski definition) is 4. The zero-order valence-electron chi connectivity index (χ0n) is 26.2. The van der Waals surface area contributed by atoms with Crippen molar-refractivity contribution in [2.45, 2.75) is 94.2 Å². The largest absolute Gasteiger partial charge is 0.394 e. The number of carbonyl (C=O) groups is 2. The van der Waals surface area contributed by atoms with Gasteiger partial charge in [0.15, 0.2) is 0 Å². The minimum atomic E-state index is -0.141. The van der Waals surface area contributed by atoms with E-state index in [4.69, 9.17) is 9.84 Å². The molecule has 0 aromatic rings. The van der Waals surface area contributed by atoms with E-state index in [1.54, 1.807) is 7.05 Å². The number of carbonyl (C=O) groups excluding carboxylic acids is 2. The predicted molar refractivity (Wildman–Crippen MR) is 156 cm³/mol. The number of amides is 2. The molecule has 0 aliphatic carbocycles. The van der Waals surface area contributed by atoms with Gasteiger partial charge >= 0.3 is 0 Å². The summed E-state index contributed by atoms with van der Waals surface area (Å²) in [7, 11) is 1.60. The van der Waals surface area contributed by atoms with Gasteiger partial charge in [0.25, 0.3) is 0 Å². The van der Waals surface area contributed by atoms with Crippen molar-refractivity contribution < 1.29 is 19.4 Å². The highest BCUT2D eigenvalue weighted by Gasteiger charge is 2.25. The molecule has 0 saturated carbocycles. The summed E-state index contributed by atoms with van der Waals surface area (Å²) >= 11 is 0. The number of aliphatic hydroxyl groups is 1. The van der Waals surface area contributed by atoms with Gasteiger partial charge in [0.05, 0.1) is 44.4 Å². The second-order valence-corrected chi connectivity index (χ2v) is 8.81. The first kappa shape index (κ1) is 42.5. The van der Waals surface area contributed by atoms with E-state index in [1.165, 1.54) is 13.8 Å². The Balaban J connectivity index is -0.000000235. The van der Waals surface area contributed by atoms with Crippen molar-refractivity contribution in [2.24, 2.45) is 26.6 Å². The average Bonchev–Trinajstić information content (AvgIpc) is 3.27. The van der Waals surface area contributed by atoms with Crippen LogP contribution >= 0.6 is 0 Å². The number of hydrogen-bond acceptors (Lipinski definition) is 9. The van der Waals surface area contributed by atoms with E-state index < -0.39 is 0 Å². The van der Waals surface area contributed by atoms with Gasteiger partial charge in [-0.05, 0) is 33.1 Å². The van der Waals surface area contributed by atoms with Crippen LogP contribution in [0.4, 0.5) is 0 Å². The molecule has 1 aliphatic heterocycles. The Morgan fingerprint density at radius 1 is 1.18 bits per heavy atom. The van der Waals surface area contributed by atoms with E-state index in [9.17, 15) is 9.59 Å². The monoisotopic (exact) mass is 546 g/mol. The molecular weight excluding hydrogens is 488 g/mol. The topological polar surface area (TPSA) is 152 Å². The van der Waals surface area contributed by atoms with E-state index in [0.717, 1.165) is 26.1 Å². The van der Waals surface area contributed by atoms with Crippen LogP contribution in [0, 0.1) is 5.92 Å². The number of aliphatic hydroxyl groups excluding tert-OH is 1. The maximum Gasteiger partial charge on any atom is 0.217 e. The molecule has 1 aliphatic rings. The van der Waals surface area contributed by atoms with Gasteiger partial charge in [0.2, 0.25) is 11.8 Å². The third kappa shape index (κ3) is 35.6. The molecule has 1 unspecified atom stereocenters. The summed E-state index contributed by atoms with van der Waals surface area (Å²) in [6, 6.07) is 0.325. The van der Waals surface area contributed by atoms with Crippen molar-refractivity contribution in [3.63, 3.8) is 0 Å². The molecule has 12 nitrogen and oxygen atoms in total. The van der Waals surface area contributed by atoms with Crippen LogP contribution < -0.4 is 16.1 Å². The molecule has 0 spiro atoms. The van der Waals surface area contributed by atoms with E-state index in [0.29, 0.717) is 24.2 Å². The second-order valence-electron chi connectivity index (χ2n) is 8.81. The maximum atomic E-state index is 10.5. The molecule has 226 valence electrons. The van der Waals surface area contributed by atoms with Crippen molar-refractivity contribution in [3.8, 4) is 0 Å². The summed E-state index contributed by atoms with van der Waals surface area (Å²) < 4.78 is 5.89. The number of nitrogens with one attached hydrogen (secondary N) is 3. The fraction of sp³-hybridized carbons (Fsp3) is 0.846. The van der Waals surface area contributed by atoms with Crippen LogP contribution in [-0.4, -0.2) is 80.0 Å². The van der Waals surface area contributed by atoms with Crippen molar-refractivity contribution in [3.05, 3.63) is 12.3 Å². The molecule has 12 heteroatoms. The Morgan fingerprint density at radius 2 is 1.74 bits per heavy atom. The number of nitrogens with zero attached hydrogens (tertiary/aromatic N) is 5. The minimum absolute atomic E-state index is 0.00463. The summed E-state index contributed by atoms with van der Waals surface area (Å²) in [5.74, 6) is 0.572.